The van der Waals surface area contributed by atoms with E-state index < -0.39 is 11.0 Å². The Morgan fingerprint density at radius 1 is 1.11 bits per heavy atom. The largest absolute Gasteiger partial charge is 0.393 e. The highest BCUT2D eigenvalue weighted by Gasteiger charge is 2.70. The zero-order valence-electron chi connectivity index (χ0n) is 16.8. The Morgan fingerprint density at radius 2 is 1.81 bits per heavy atom. The first-order valence-electron chi connectivity index (χ1n) is 10.5. The topological polar surface area (TPSA) is 74.6 Å². The molecule has 4 saturated carbocycles. The van der Waals surface area contributed by atoms with Gasteiger partial charge in [0.2, 0.25) is 0 Å². The maximum absolute atomic E-state index is 13.6. The van der Waals surface area contributed by atoms with Crippen molar-refractivity contribution < 1.29 is 19.8 Å². The summed E-state index contributed by atoms with van der Waals surface area (Å²) in [6.07, 6.45) is 5.80. The van der Waals surface area contributed by atoms with Crippen molar-refractivity contribution in [3.05, 3.63) is 0 Å². The van der Waals surface area contributed by atoms with Gasteiger partial charge in [0.1, 0.15) is 11.4 Å². The third-order valence-corrected chi connectivity index (χ3v) is 10.3. The number of ketones is 2. The van der Waals surface area contributed by atoms with Crippen LogP contribution in [0.2, 0.25) is 0 Å². The van der Waals surface area contributed by atoms with Gasteiger partial charge in [-0.25, -0.2) is 0 Å². The van der Waals surface area contributed by atoms with Crippen molar-refractivity contribution in [2.24, 2.45) is 34.0 Å². The Balaban J connectivity index is 1.73. The molecule has 4 aliphatic carbocycles. The molecule has 8 atom stereocenters. The van der Waals surface area contributed by atoms with Crippen LogP contribution in [0.3, 0.4) is 0 Å². The summed E-state index contributed by atoms with van der Waals surface area (Å²) in [5.41, 5.74) is -2.12. The molecular formula is C22H33BrO4. The summed E-state index contributed by atoms with van der Waals surface area (Å²) < 4.78 is 0. The summed E-state index contributed by atoms with van der Waals surface area (Å²) >= 11 is 3.23. The summed E-state index contributed by atoms with van der Waals surface area (Å²) in [6.45, 7) is 6.53. The van der Waals surface area contributed by atoms with E-state index in [0.29, 0.717) is 12.8 Å². The Labute approximate surface area is 170 Å². The SMILES string of the molecule is CC12CCC3C(C(=O)CC4(C)C3CCC4(O)C(=O)CBr)C1(C)CCC(O)C2. The van der Waals surface area contributed by atoms with E-state index in [1.54, 1.807) is 0 Å². The Kier molecular flexibility index (Phi) is 4.54. The van der Waals surface area contributed by atoms with Crippen molar-refractivity contribution >= 4 is 27.5 Å². The molecule has 4 rings (SSSR count). The average Bonchev–Trinajstić information content (AvgIpc) is 2.87. The molecular weight excluding hydrogens is 408 g/mol. The molecule has 8 unspecified atom stereocenters. The van der Waals surface area contributed by atoms with Gasteiger partial charge in [0.15, 0.2) is 5.78 Å². The van der Waals surface area contributed by atoms with Gasteiger partial charge < -0.3 is 10.2 Å². The summed E-state index contributed by atoms with van der Waals surface area (Å²) in [6, 6.07) is 0. The Hall–Kier alpha value is -0.260. The molecule has 0 spiro atoms. The van der Waals surface area contributed by atoms with Crippen molar-refractivity contribution in [3.63, 3.8) is 0 Å². The van der Waals surface area contributed by atoms with Gasteiger partial charge in [-0.3, -0.25) is 9.59 Å². The summed E-state index contributed by atoms with van der Waals surface area (Å²) in [5.74, 6) is 0.545. The monoisotopic (exact) mass is 440 g/mol. The van der Waals surface area contributed by atoms with Crippen LogP contribution in [0.15, 0.2) is 0 Å². The highest BCUT2D eigenvalue weighted by atomic mass is 79.9. The Morgan fingerprint density at radius 3 is 2.48 bits per heavy atom. The average molecular weight is 441 g/mol. The fourth-order valence-corrected chi connectivity index (χ4v) is 8.44. The zero-order chi connectivity index (χ0) is 19.8. The smallest absolute Gasteiger partial charge is 0.175 e. The maximum atomic E-state index is 13.6. The highest BCUT2D eigenvalue weighted by Crippen LogP contribution is 2.70. The van der Waals surface area contributed by atoms with Crippen LogP contribution in [0.1, 0.15) is 72.1 Å². The van der Waals surface area contributed by atoms with Crippen LogP contribution in [0.25, 0.3) is 0 Å². The molecule has 27 heavy (non-hydrogen) atoms. The van der Waals surface area contributed by atoms with E-state index in [1.807, 2.05) is 6.92 Å². The first-order valence-corrected chi connectivity index (χ1v) is 11.7. The molecule has 0 heterocycles. The molecule has 4 nitrogen and oxygen atoms in total. The quantitative estimate of drug-likeness (QED) is 0.642. The van der Waals surface area contributed by atoms with Crippen LogP contribution in [0.4, 0.5) is 0 Å². The number of fused-ring (bicyclic) bond motifs is 5. The minimum atomic E-state index is -1.38. The first-order chi connectivity index (χ1) is 12.5. The van der Waals surface area contributed by atoms with Crippen LogP contribution < -0.4 is 0 Å². The number of rotatable bonds is 2. The normalized spacial score (nSPS) is 54.8. The van der Waals surface area contributed by atoms with Gasteiger partial charge in [-0.2, -0.15) is 0 Å². The van der Waals surface area contributed by atoms with Crippen LogP contribution in [-0.2, 0) is 9.59 Å². The van der Waals surface area contributed by atoms with Gasteiger partial charge in [-0.15, -0.1) is 0 Å². The predicted octanol–water partition coefficient (Wildman–Crippen LogP) is 3.65. The number of aliphatic hydroxyl groups excluding tert-OH is 1. The lowest BCUT2D eigenvalue weighted by molar-refractivity contribution is -0.191. The predicted molar refractivity (Wildman–Crippen MR) is 106 cm³/mol. The fraction of sp³-hybridized carbons (Fsp3) is 0.909. The third kappa shape index (κ3) is 2.40. The standard InChI is InChI=1S/C22H33BrO4/c1-19-7-5-14-15-6-9-22(27,17(26)12-23)21(15,3)11-16(25)18(14)20(19,2)8-4-13(24)10-19/h13-15,18,24,27H,4-12H2,1-3H3. The first kappa shape index (κ1) is 20.0. The van der Waals surface area contributed by atoms with Crippen molar-refractivity contribution in [3.8, 4) is 0 Å². The second-order valence-electron chi connectivity index (χ2n) is 10.7. The minimum absolute atomic E-state index is 0.00301. The van der Waals surface area contributed by atoms with Gasteiger partial charge in [0, 0.05) is 17.8 Å². The third-order valence-electron chi connectivity index (χ3n) is 9.77. The molecule has 2 N–H and O–H groups in total. The lowest BCUT2D eigenvalue weighted by atomic mass is 9.40. The molecule has 0 amide bonds. The number of carbonyl (C=O) groups is 2. The van der Waals surface area contributed by atoms with Crippen LogP contribution in [0.5, 0.6) is 0 Å². The van der Waals surface area contributed by atoms with E-state index in [0.717, 1.165) is 38.5 Å². The second-order valence-corrected chi connectivity index (χ2v) is 11.2. The molecule has 0 radical (unpaired) electrons. The van der Waals surface area contributed by atoms with E-state index in [4.69, 9.17) is 0 Å². The van der Waals surface area contributed by atoms with Gasteiger partial charge >= 0.3 is 0 Å². The van der Waals surface area contributed by atoms with Crippen LogP contribution >= 0.6 is 15.9 Å². The van der Waals surface area contributed by atoms with Crippen LogP contribution in [0, 0.1) is 34.0 Å². The van der Waals surface area contributed by atoms with E-state index >= 15 is 0 Å². The number of hydrogen-bond acceptors (Lipinski definition) is 4. The molecule has 5 heteroatoms. The van der Waals surface area contributed by atoms with E-state index in [1.165, 1.54) is 0 Å². The summed E-state index contributed by atoms with van der Waals surface area (Å²) in [5, 5.41) is 21.8. The number of halogens is 1. The van der Waals surface area contributed by atoms with Gasteiger partial charge in [0.25, 0.3) is 0 Å². The number of aliphatic hydroxyl groups is 2. The van der Waals surface area contributed by atoms with Crippen molar-refractivity contribution in [1.82, 2.24) is 0 Å². The zero-order valence-corrected chi connectivity index (χ0v) is 18.3. The van der Waals surface area contributed by atoms with Gasteiger partial charge in [0.05, 0.1) is 11.4 Å². The molecule has 4 aliphatic rings. The second kappa shape index (κ2) is 6.12. The maximum Gasteiger partial charge on any atom is 0.175 e. The Bertz CT molecular complexity index is 679. The molecule has 0 aromatic carbocycles. The lowest BCUT2D eigenvalue weighted by Gasteiger charge is -2.64. The summed E-state index contributed by atoms with van der Waals surface area (Å²) in [4.78, 5) is 26.2. The van der Waals surface area contributed by atoms with Crippen LogP contribution in [-0.4, -0.2) is 38.8 Å². The molecule has 4 fully saturated rings. The number of alkyl halides is 1. The van der Waals surface area contributed by atoms with Crippen molar-refractivity contribution in [2.75, 3.05) is 5.33 Å². The van der Waals surface area contributed by atoms with Crippen molar-refractivity contribution in [2.45, 2.75) is 83.8 Å². The van der Waals surface area contributed by atoms with E-state index in [9.17, 15) is 19.8 Å². The number of Topliss-reactive ketones (excluding diaryl/α,β-unsaturated/α-hetero) is 2. The molecule has 0 bridgehead atoms. The summed E-state index contributed by atoms with van der Waals surface area (Å²) in [7, 11) is 0. The van der Waals surface area contributed by atoms with E-state index in [-0.39, 0.29) is 51.6 Å². The minimum Gasteiger partial charge on any atom is -0.393 e. The molecule has 0 aromatic rings. The molecule has 152 valence electrons. The number of carbonyl (C=O) groups excluding carboxylic acids is 2. The highest BCUT2D eigenvalue weighted by molar-refractivity contribution is 9.09. The molecule has 0 aliphatic heterocycles. The molecule has 0 saturated heterocycles. The fourth-order valence-electron chi connectivity index (χ4n) is 7.97. The molecule has 0 aromatic heterocycles. The lowest BCUT2D eigenvalue weighted by Crippen LogP contribution is -2.64. The van der Waals surface area contributed by atoms with Gasteiger partial charge in [-0.1, -0.05) is 36.7 Å². The van der Waals surface area contributed by atoms with Crippen molar-refractivity contribution in [1.29, 1.82) is 0 Å². The van der Waals surface area contributed by atoms with Gasteiger partial charge in [-0.05, 0) is 67.6 Å². The van der Waals surface area contributed by atoms with E-state index in [2.05, 4.69) is 29.8 Å². The number of hydrogen-bond donors (Lipinski definition) is 2.